The number of benzene rings is 2. The minimum Gasteiger partial charge on any atom is -0.326 e. The van der Waals surface area contributed by atoms with E-state index in [1.165, 1.54) is 5.56 Å². The summed E-state index contributed by atoms with van der Waals surface area (Å²) < 4.78 is 1.85. The summed E-state index contributed by atoms with van der Waals surface area (Å²) in [7, 11) is 1.89. The second-order valence-electron chi connectivity index (χ2n) is 7.40. The zero-order chi connectivity index (χ0) is 19.4. The van der Waals surface area contributed by atoms with Gasteiger partial charge in [0, 0.05) is 18.3 Å². The molecule has 5 heteroatoms. The Balaban J connectivity index is 1.70. The number of rotatable bonds is 6. The normalized spacial score (nSPS) is 12.2. The van der Waals surface area contributed by atoms with Gasteiger partial charge in [0.15, 0.2) is 5.82 Å². The van der Waals surface area contributed by atoms with Crippen LogP contribution in [0.2, 0.25) is 0 Å². The highest BCUT2D eigenvalue weighted by Gasteiger charge is 2.16. The Labute approximate surface area is 160 Å². The molecule has 2 aromatic carbocycles. The smallest absolute Gasteiger partial charge is 0.231 e. The van der Waals surface area contributed by atoms with Crippen molar-refractivity contribution in [3.8, 4) is 11.4 Å². The van der Waals surface area contributed by atoms with Crippen LogP contribution in [-0.4, -0.2) is 20.7 Å². The predicted octanol–water partition coefficient (Wildman–Crippen LogP) is 4.42. The molecule has 1 aromatic heterocycles. The number of carbonyl (C=O) groups excluding carboxylic acids is 1. The molecule has 0 aliphatic carbocycles. The number of carbonyl (C=O) groups is 1. The predicted molar refractivity (Wildman–Crippen MR) is 108 cm³/mol. The van der Waals surface area contributed by atoms with E-state index in [1.807, 2.05) is 42.8 Å². The molecule has 0 radical (unpaired) electrons. The summed E-state index contributed by atoms with van der Waals surface area (Å²) in [6.45, 7) is 6.34. The summed E-state index contributed by atoms with van der Waals surface area (Å²) >= 11 is 0. The largest absolute Gasteiger partial charge is 0.326 e. The molecule has 5 nitrogen and oxygen atoms in total. The molecule has 0 unspecified atom stereocenters. The first-order valence-corrected chi connectivity index (χ1v) is 9.28. The quantitative estimate of drug-likeness (QED) is 0.706. The number of anilines is 1. The van der Waals surface area contributed by atoms with Crippen LogP contribution in [-0.2, 0) is 18.3 Å². The van der Waals surface area contributed by atoms with E-state index in [0.717, 1.165) is 29.1 Å². The number of hydrogen-bond acceptors (Lipinski definition) is 3. The summed E-state index contributed by atoms with van der Waals surface area (Å²) in [6.07, 6.45) is 2.71. The fourth-order valence-corrected chi connectivity index (χ4v) is 3.10. The van der Waals surface area contributed by atoms with E-state index in [0.29, 0.717) is 5.92 Å². The Morgan fingerprint density at radius 1 is 1.11 bits per heavy atom. The van der Waals surface area contributed by atoms with Gasteiger partial charge in [-0.15, -0.1) is 10.2 Å². The lowest BCUT2D eigenvalue weighted by molar-refractivity contribution is -0.117. The van der Waals surface area contributed by atoms with E-state index in [2.05, 4.69) is 53.6 Å². The molecular formula is C22H26N4O. The van der Waals surface area contributed by atoms with Crippen molar-refractivity contribution in [2.24, 2.45) is 13.0 Å². The van der Waals surface area contributed by atoms with E-state index >= 15 is 0 Å². The van der Waals surface area contributed by atoms with Crippen LogP contribution in [0.1, 0.15) is 37.8 Å². The first kappa shape index (κ1) is 18.8. The molecule has 1 atom stereocenters. The van der Waals surface area contributed by atoms with Crippen LogP contribution in [0, 0.1) is 5.92 Å². The Bertz CT molecular complexity index is 912. The molecule has 0 aliphatic rings. The Morgan fingerprint density at radius 3 is 2.48 bits per heavy atom. The molecule has 3 aromatic rings. The topological polar surface area (TPSA) is 59.8 Å². The van der Waals surface area contributed by atoms with Gasteiger partial charge in [0.25, 0.3) is 0 Å². The van der Waals surface area contributed by atoms with E-state index in [4.69, 9.17) is 0 Å². The maximum atomic E-state index is 12.7. The summed E-state index contributed by atoms with van der Waals surface area (Å²) in [6, 6.07) is 16.0. The molecule has 3 rings (SSSR count). The summed E-state index contributed by atoms with van der Waals surface area (Å²) in [5.41, 5.74) is 3.99. The van der Waals surface area contributed by atoms with Crippen LogP contribution in [0.3, 0.4) is 0 Å². The molecule has 140 valence electrons. The lowest BCUT2D eigenvalue weighted by Gasteiger charge is -2.14. The lowest BCUT2D eigenvalue weighted by atomic mass is 9.96. The molecule has 0 aliphatic heterocycles. The SMILES string of the molecule is CC(C)Cc1ccc([C@@H](C)C(=O)Nc2cccc(-c3nncn3C)c2)cc1. The maximum Gasteiger partial charge on any atom is 0.231 e. The zero-order valence-electron chi connectivity index (χ0n) is 16.3. The number of amides is 1. The van der Waals surface area contributed by atoms with Gasteiger partial charge in [0.05, 0.1) is 5.92 Å². The lowest BCUT2D eigenvalue weighted by Crippen LogP contribution is -2.18. The van der Waals surface area contributed by atoms with Crippen LogP contribution in [0.25, 0.3) is 11.4 Å². The van der Waals surface area contributed by atoms with Crippen molar-refractivity contribution in [1.82, 2.24) is 14.8 Å². The minimum absolute atomic E-state index is 0.0262. The van der Waals surface area contributed by atoms with Crippen molar-refractivity contribution in [1.29, 1.82) is 0 Å². The Kier molecular flexibility index (Phi) is 5.69. The van der Waals surface area contributed by atoms with Gasteiger partial charge >= 0.3 is 0 Å². The first-order valence-electron chi connectivity index (χ1n) is 9.28. The van der Waals surface area contributed by atoms with E-state index < -0.39 is 0 Å². The van der Waals surface area contributed by atoms with Gasteiger partial charge in [-0.3, -0.25) is 4.79 Å². The summed E-state index contributed by atoms with van der Waals surface area (Å²) in [5, 5.41) is 11.0. The molecule has 0 saturated carbocycles. The highest BCUT2D eigenvalue weighted by Crippen LogP contribution is 2.23. The highest BCUT2D eigenvalue weighted by atomic mass is 16.1. The monoisotopic (exact) mass is 362 g/mol. The van der Waals surface area contributed by atoms with Crippen molar-refractivity contribution in [2.45, 2.75) is 33.1 Å². The second-order valence-corrected chi connectivity index (χ2v) is 7.40. The van der Waals surface area contributed by atoms with Crippen molar-refractivity contribution in [3.63, 3.8) is 0 Å². The molecule has 1 N–H and O–H groups in total. The highest BCUT2D eigenvalue weighted by molar-refractivity contribution is 5.96. The van der Waals surface area contributed by atoms with E-state index in [9.17, 15) is 4.79 Å². The number of nitrogens with one attached hydrogen (secondary N) is 1. The Morgan fingerprint density at radius 2 is 1.85 bits per heavy atom. The fraction of sp³-hybridized carbons (Fsp3) is 0.318. The number of aryl methyl sites for hydroxylation is 1. The molecule has 1 heterocycles. The minimum atomic E-state index is -0.225. The molecule has 0 fully saturated rings. The molecule has 27 heavy (non-hydrogen) atoms. The van der Waals surface area contributed by atoms with Crippen LogP contribution in [0.5, 0.6) is 0 Å². The van der Waals surface area contributed by atoms with E-state index in [-0.39, 0.29) is 11.8 Å². The fourth-order valence-electron chi connectivity index (χ4n) is 3.10. The maximum absolute atomic E-state index is 12.7. The van der Waals surface area contributed by atoms with Gasteiger partial charge in [0.1, 0.15) is 6.33 Å². The van der Waals surface area contributed by atoms with Crippen LogP contribution < -0.4 is 5.32 Å². The molecule has 0 saturated heterocycles. The summed E-state index contributed by atoms with van der Waals surface area (Å²) in [5.74, 6) is 1.14. The molecular weight excluding hydrogens is 336 g/mol. The molecule has 0 spiro atoms. The number of nitrogens with zero attached hydrogens (tertiary/aromatic N) is 3. The number of aromatic nitrogens is 3. The zero-order valence-corrected chi connectivity index (χ0v) is 16.3. The van der Waals surface area contributed by atoms with Gasteiger partial charge in [0.2, 0.25) is 5.91 Å². The van der Waals surface area contributed by atoms with Gasteiger partial charge in [-0.25, -0.2) is 0 Å². The van der Waals surface area contributed by atoms with Crippen molar-refractivity contribution in [2.75, 3.05) is 5.32 Å². The average Bonchev–Trinajstić information content (AvgIpc) is 3.07. The van der Waals surface area contributed by atoms with Gasteiger partial charge in [-0.1, -0.05) is 50.2 Å². The van der Waals surface area contributed by atoms with Crippen LogP contribution in [0.4, 0.5) is 5.69 Å². The molecule has 0 bridgehead atoms. The standard InChI is InChI=1S/C22H26N4O/c1-15(2)12-17-8-10-18(11-9-17)16(3)22(27)24-20-7-5-6-19(13-20)21-25-23-14-26(21)4/h5-11,13-16H,12H2,1-4H3,(H,24,27)/t16-/m1/s1. The number of hydrogen-bond donors (Lipinski definition) is 1. The second kappa shape index (κ2) is 8.16. The van der Waals surface area contributed by atoms with Crippen LogP contribution >= 0.6 is 0 Å². The van der Waals surface area contributed by atoms with Crippen molar-refractivity contribution >= 4 is 11.6 Å². The first-order chi connectivity index (χ1) is 12.9. The van der Waals surface area contributed by atoms with Crippen LogP contribution in [0.15, 0.2) is 54.9 Å². The van der Waals surface area contributed by atoms with Crippen molar-refractivity contribution < 1.29 is 4.79 Å². The van der Waals surface area contributed by atoms with E-state index in [1.54, 1.807) is 6.33 Å². The average molecular weight is 362 g/mol. The van der Waals surface area contributed by atoms with Crippen molar-refractivity contribution in [3.05, 3.63) is 66.0 Å². The Hall–Kier alpha value is -2.95. The van der Waals surface area contributed by atoms with Gasteiger partial charge in [-0.05, 0) is 42.5 Å². The third-order valence-corrected chi connectivity index (χ3v) is 4.62. The van der Waals surface area contributed by atoms with Gasteiger partial charge < -0.3 is 9.88 Å². The molecule has 1 amide bonds. The van der Waals surface area contributed by atoms with Gasteiger partial charge in [-0.2, -0.15) is 0 Å². The third kappa shape index (κ3) is 4.61. The third-order valence-electron chi connectivity index (χ3n) is 4.62. The summed E-state index contributed by atoms with van der Waals surface area (Å²) in [4.78, 5) is 12.7.